The molecule has 0 radical (unpaired) electrons. The molecule has 0 rings (SSSR count). The second-order valence-corrected chi connectivity index (χ2v) is 14.1. The first-order chi connectivity index (χ1) is 29.1. The van der Waals surface area contributed by atoms with E-state index in [1.165, 1.54) is 0 Å². The van der Waals surface area contributed by atoms with Crippen LogP contribution >= 0.6 is 0 Å². The Kier molecular flexibility index (Phi) is 27.3. The predicted molar refractivity (Wildman–Crippen MR) is 225 cm³/mol. The van der Waals surface area contributed by atoms with Crippen LogP contribution in [-0.4, -0.2) is 163 Å². The van der Waals surface area contributed by atoms with Gasteiger partial charge in [-0.2, -0.15) is 0 Å². The summed E-state index contributed by atoms with van der Waals surface area (Å²) in [5, 5.41) is 45.4. The minimum atomic E-state index is -1.62. The average Bonchev–Trinajstić information content (AvgIpc) is 3.19. The molecular formula is C34H65N17O11. The predicted octanol–water partition coefficient (Wildman–Crippen LogP) is -8.75. The minimum absolute atomic E-state index is 0.0185. The van der Waals surface area contributed by atoms with Gasteiger partial charge in [-0.1, -0.05) is 13.8 Å². The molecule has 0 unspecified atom stereocenters. The zero-order valence-corrected chi connectivity index (χ0v) is 34.9. The fourth-order valence-electron chi connectivity index (χ4n) is 5.15. The lowest BCUT2D eigenvalue weighted by Crippen LogP contribution is -2.59. The molecule has 0 aliphatic heterocycles. The van der Waals surface area contributed by atoms with Crippen molar-refractivity contribution in [3.05, 3.63) is 0 Å². The molecule has 0 aliphatic rings. The van der Waals surface area contributed by atoms with Crippen LogP contribution in [0.3, 0.4) is 0 Å². The van der Waals surface area contributed by atoms with Gasteiger partial charge in [-0.3, -0.25) is 48.5 Å². The lowest BCUT2D eigenvalue weighted by atomic mass is 10.0. The van der Waals surface area contributed by atoms with Gasteiger partial charge in [0.05, 0.1) is 32.3 Å². The normalized spacial score (nSPS) is 13.6. The molecule has 0 aromatic heterocycles. The largest absolute Gasteiger partial charge is 0.480 e. The number of carbonyl (C=O) groups is 8. The van der Waals surface area contributed by atoms with Crippen LogP contribution in [0.25, 0.3) is 0 Å². The number of carboxylic acid groups (broad SMARTS) is 1. The number of aliphatic carboxylic acids is 1. The van der Waals surface area contributed by atoms with Crippen molar-refractivity contribution in [1.82, 2.24) is 37.2 Å². The summed E-state index contributed by atoms with van der Waals surface area (Å²) in [5.74, 6) is -8.37. The van der Waals surface area contributed by atoms with E-state index in [-0.39, 0.29) is 82.0 Å². The molecule has 0 bridgehead atoms. The number of nitrogens with two attached hydrogens (primary N) is 7. The summed E-state index contributed by atoms with van der Waals surface area (Å²) >= 11 is 0. The SMILES string of the molecule is CC(C)C[C@H](NC(=O)[C@H](CCCN=C(N)N)NC(=O)CNC(=O)CNC(=O)[C@H](CO)NC(=O)[C@@H](N)CCCN=C(N)N)C(=O)N[C@@H](CO)C(=O)N[C@@H](CCCN=C(N)N)C(=O)O. The van der Waals surface area contributed by atoms with Crippen molar-refractivity contribution in [3.63, 3.8) is 0 Å². The number of amides is 7. The van der Waals surface area contributed by atoms with Crippen molar-refractivity contribution in [1.29, 1.82) is 0 Å². The van der Waals surface area contributed by atoms with Gasteiger partial charge >= 0.3 is 5.97 Å². The highest BCUT2D eigenvalue weighted by Gasteiger charge is 2.32. The first-order valence-electron chi connectivity index (χ1n) is 19.5. The van der Waals surface area contributed by atoms with Gasteiger partial charge < -0.3 is 92.7 Å². The number of aliphatic hydroxyl groups excluding tert-OH is 2. The zero-order chi connectivity index (χ0) is 47.4. The van der Waals surface area contributed by atoms with Crippen LogP contribution in [0.2, 0.25) is 0 Å². The first-order valence-corrected chi connectivity index (χ1v) is 19.5. The van der Waals surface area contributed by atoms with Gasteiger partial charge in [0, 0.05) is 19.6 Å². The third-order valence-electron chi connectivity index (χ3n) is 8.30. The van der Waals surface area contributed by atoms with Crippen molar-refractivity contribution in [2.45, 2.75) is 95.0 Å². The number of guanidine groups is 3. The number of nitrogens with one attached hydrogen (secondary N) is 7. The monoisotopic (exact) mass is 888 g/mol. The van der Waals surface area contributed by atoms with E-state index in [1.807, 2.05) is 0 Å². The van der Waals surface area contributed by atoms with Crippen molar-refractivity contribution < 1.29 is 53.7 Å². The average molecular weight is 888 g/mol. The molecule has 7 amide bonds. The number of rotatable bonds is 31. The first kappa shape index (κ1) is 55.5. The maximum absolute atomic E-state index is 13.6. The van der Waals surface area contributed by atoms with Gasteiger partial charge in [-0.05, 0) is 50.9 Å². The molecule has 24 N–H and O–H groups in total. The highest BCUT2D eigenvalue weighted by molar-refractivity contribution is 5.96. The fraction of sp³-hybridized carbons (Fsp3) is 0.676. The van der Waals surface area contributed by atoms with E-state index in [1.54, 1.807) is 13.8 Å². The number of aliphatic hydroxyl groups is 2. The van der Waals surface area contributed by atoms with E-state index in [9.17, 15) is 53.7 Å². The Morgan fingerprint density at radius 2 is 0.903 bits per heavy atom. The minimum Gasteiger partial charge on any atom is -0.480 e. The van der Waals surface area contributed by atoms with Crippen molar-refractivity contribution in [2.24, 2.45) is 61.0 Å². The lowest BCUT2D eigenvalue weighted by Gasteiger charge is -2.26. The van der Waals surface area contributed by atoms with Gasteiger partial charge in [-0.25, -0.2) is 4.79 Å². The van der Waals surface area contributed by atoms with Crippen LogP contribution < -0.4 is 77.4 Å². The summed E-state index contributed by atoms with van der Waals surface area (Å²) in [6.45, 7) is 0.689. The van der Waals surface area contributed by atoms with Crippen LogP contribution in [0.4, 0.5) is 0 Å². The Bertz CT molecular complexity index is 1580. The number of hydrogen-bond acceptors (Lipinski definition) is 14. The molecule has 0 spiro atoms. The van der Waals surface area contributed by atoms with Gasteiger partial charge in [0.15, 0.2) is 17.9 Å². The zero-order valence-electron chi connectivity index (χ0n) is 34.9. The molecule has 6 atom stereocenters. The summed E-state index contributed by atoms with van der Waals surface area (Å²) in [6, 6.07) is -8.20. The summed E-state index contributed by atoms with van der Waals surface area (Å²) < 4.78 is 0. The van der Waals surface area contributed by atoms with Gasteiger partial charge in [-0.15, -0.1) is 0 Å². The second kappa shape index (κ2) is 30.5. The van der Waals surface area contributed by atoms with E-state index in [0.717, 1.165) is 0 Å². The molecule has 352 valence electrons. The van der Waals surface area contributed by atoms with Gasteiger partial charge in [0.1, 0.15) is 30.2 Å². The summed E-state index contributed by atoms with van der Waals surface area (Å²) in [4.78, 5) is 113. The number of carboxylic acids is 1. The highest BCUT2D eigenvalue weighted by Crippen LogP contribution is 2.08. The van der Waals surface area contributed by atoms with Gasteiger partial charge in [0.25, 0.3) is 0 Å². The third kappa shape index (κ3) is 25.2. The molecule has 0 aliphatic carbocycles. The molecule has 0 heterocycles. The summed E-state index contributed by atoms with van der Waals surface area (Å²) in [7, 11) is 0. The highest BCUT2D eigenvalue weighted by atomic mass is 16.4. The van der Waals surface area contributed by atoms with Gasteiger partial charge in [0.2, 0.25) is 41.4 Å². The Balaban J connectivity index is 5.61. The molecule has 62 heavy (non-hydrogen) atoms. The van der Waals surface area contributed by atoms with E-state index < -0.39 is 110 Å². The molecule has 28 heteroatoms. The van der Waals surface area contributed by atoms with Crippen molar-refractivity contribution >= 4 is 65.2 Å². The molecule has 0 aromatic carbocycles. The lowest BCUT2D eigenvalue weighted by molar-refractivity contribution is -0.142. The van der Waals surface area contributed by atoms with Crippen LogP contribution in [0.1, 0.15) is 58.8 Å². The van der Waals surface area contributed by atoms with Crippen LogP contribution in [-0.2, 0) is 38.4 Å². The summed E-state index contributed by atoms with van der Waals surface area (Å²) in [5.41, 5.74) is 37.6. The maximum Gasteiger partial charge on any atom is 0.326 e. The van der Waals surface area contributed by atoms with E-state index in [0.29, 0.717) is 6.42 Å². The van der Waals surface area contributed by atoms with E-state index in [4.69, 9.17) is 40.1 Å². The maximum atomic E-state index is 13.6. The summed E-state index contributed by atoms with van der Waals surface area (Å²) in [6.07, 6.45) is 0.722. The molecule has 0 aromatic rings. The molecule has 0 saturated carbocycles. The second-order valence-electron chi connectivity index (χ2n) is 14.1. The van der Waals surface area contributed by atoms with Crippen LogP contribution in [0, 0.1) is 5.92 Å². The molecule has 28 nitrogen and oxygen atoms in total. The smallest absolute Gasteiger partial charge is 0.326 e. The Morgan fingerprint density at radius 3 is 1.39 bits per heavy atom. The topological polar surface area (TPSA) is 501 Å². The Hall–Kier alpha value is -6.55. The number of hydrogen-bond donors (Lipinski definition) is 17. The standard InChI is InChI=1S/C34H65N17O11/c1-17(2)12-21(29(59)51-23(16-53)30(60)48-20(31(61)62)8-5-11-44-34(40)41)49-28(58)19(7-4-10-43-33(38)39)47-25(55)14-45-24(54)13-46-27(57)22(15-52)50-26(56)18(35)6-3-9-42-32(36)37/h17-23,52-53H,3-16,35H2,1-2H3,(H,45,54)(H,46,57)(H,47,55)(H,48,60)(H,49,58)(H,50,56)(H,51,59)(H,61,62)(H4,36,37,42)(H4,38,39,43)(H4,40,41,44)/t18-,19-,20-,21-,22-,23-/m0/s1. The number of aliphatic imine (C=N–C) groups is 3. The van der Waals surface area contributed by atoms with Crippen LogP contribution in [0.15, 0.2) is 15.0 Å². The quantitative estimate of drug-likeness (QED) is 0.0175. The van der Waals surface area contributed by atoms with Crippen LogP contribution in [0.5, 0.6) is 0 Å². The Labute approximate surface area is 357 Å². The molecule has 0 fully saturated rings. The number of carbonyl (C=O) groups excluding carboxylic acids is 7. The van der Waals surface area contributed by atoms with E-state index >= 15 is 0 Å². The fourth-order valence-corrected chi connectivity index (χ4v) is 5.15. The van der Waals surface area contributed by atoms with Crippen molar-refractivity contribution in [2.75, 3.05) is 45.9 Å². The Morgan fingerprint density at radius 1 is 0.500 bits per heavy atom. The number of nitrogens with zero attached hydrogens (tertiary/aromatic N) is 3. The molecule has 0 saturated heterocycles. The third-order valence-corrected chi connectivity index (χ3v) is 8.30. The van der Waals surface area contributed by atoms with E-state index in [2.05, 4.69) is 52.2 Å². The molecular weight excluding hydrogens is 822 g/mol. The van der Waals surface area contributed by atoms with Crippen molar-refractivity contribution in [3.8, 4) is 0 Å².